The fourth-order valence-electron chi connectivity index (χ4n) is 1.99. The first-order chi connectivity index (χ1) is 9.49. The molecule has 1 unspecified atom stereocenters. The lowest BCUT2D eigenvalue weighted by atomic mass is 9.87. The van der Waals surface area contributed by atoms with Gasteiger partial charge in [0, 0.05) is 5.92 Å². The van der Waals surface area contributed by atoms with Crippen molar-refractivity contribution in [3.63, 3.8) is 0 Å². The van der Waals surface area contributed by atoms with E-state index in [4.69, 9.17) is 9.88 Å². The second-order valence-electron chi connectivity index (χ2n) is 6.92. The van der Waals surface area contributed by atoms with Crippen LogP contribution in [0.1, 0.15) is 40.2 Å². The molecule has 0 bridgehead atoms. The summed E-state index contributed by atoms with van der Waals surface area (Å²) in [5, 5.41) is 5.13. The summed E-state index contributed by atoms with van der Waals surface area (Å²) in [5.41, 5.74) is 1.34. The zero-order valence-corrected chi connectivity index (χ0v) is 14.4. The van der Waals surface area contributed by atoms with Crippen LogP contribution in [-0.2, 0) is 15.4 Å². The van der Waals surface area contributed by atoms with Gasteiger partial charge in [-0.2, -0.15) is 0 Å². The second kappa shape index (κ2) is 6.79. The van der Waals surface area contributed by atoms with E-state index in [0.717, 1.165) is 5.75 Å². The Labute approximate surface area is 128 Å². The third-order valence-electron chi connectivity index (χ3n) is 3.57. The number of hydrogen-bond acceptors (Lipinski definition) is 3. The molecule has 0 aliphatic heterocycles. The van der Waals surface area contributed by atoms with E-state index in [2.05, 4.69) is 20.8 Å². The predicted octanol–water partition coefficient (Wildman–Crippen LogP) is 2.92. The Morgan fingerprint density at radius 1 is 1.14 bits per heavy atom. The number of ether oxygens (including phenoxy) is 1. The van der Waals surface area contributed by atoms with E-state index in [-0.39, 0.29) is 23.0 Å². The third-order valence-corrected chi connectivity index (χ3v) is 4.47. The monoisotopic (exact) mass is 313 g/mol. The van der Waals surface area contributed by atoms with E-state index in [9.17, 15) is 8.42 Å². The Kier molecular flexibility index (Phi) is 5.82. The summed E-state index contributed by atoms with van der Waals surface area (Å²) in [5.74, 6) is 0.785. The lowest BCUT2D eigenvalue weighted by Crippen LogP contribution is -2.30. The standard InChI is InChI=1S/C16H27NO3S/c1-12(2)13(11-21(17,18)19)10-20-15-8-6-14(7-9-15)16(3,4)5/h6-9,12-13H,10-11H2,1-5H3,(H2,17,18,19). The molecule has 1 atom stereocenters. The molecule has 0 saturated carbocycles. The van der Waals surface area contributed by atoms with Gasteiger partial charge in [0.2, 0.25) is 10.0 Å². The molecule has 0 aliphatic rings. The second-order valence-corrected chi connectivity index (χ2v) is 8.58. The number of benzene rings is 1. The maximum absolute atomic E-state index is 11.2. The molecule has 0 saturated heterocycles. The highest BCUT2D eigenvalue weighted by Crippen LogP contribution is 2.25. The maximum Gasteiger partial charge on any atom is 0.209 e. The van der Waals surface area contributed by atoms with Gasteiger partial charge in [0.05, 0.1) is 12.4 Å². The van der Waals surface area contributed by atoms with Crippen molar-refractivity contribution in [1.29, 1.82) is 0 Å². The van der Waals surface area contributed by atoms with E-state index >= 15 is 0 Å². The van der Waals surface area contributed by atoms with Crippen LogP contribution in [-0.4, -0.2) is 20.8 Å². The summed E-state index contributed by atoms with van der Waals surface area (Å²) in [4.78, 5) is 0. The molecule has 1 rings (SSSR count). The Morgan fingerprint density at radius 2 is 1.67 bits per heavy atom. The van der Waals surface area contributed by atoms with Crippen LogP contribution in [0.15, 0.2) is 24.3 Å². The summed E-state index contributed by atoms with van der Waals surface area (Å²) in [7, 11) is -3.48. The molecule has 0 heterocycles. The van der Waals surface area contributed by atoms with Gasteiger partial charge in [0.1, 0.15) is 5.75 Å². The molecule has 0 spiro atoms. The molecule has 5 heteroatoms. The fraction of sp³-hybridized carbons (Fsp3) is 0.625. The molecular weight excluding hydrogens is 286 g/mol. The average Bonchev–Trinajstić information content (AvgIpc) is 2.32. The van der Waals surface area contributed by atoms with Crippen molar-refractivity contribution in [3.8, 4) is 5.75 Å². The predicted molar refractivity (Wildman–Crippen MR) is 86.9 cm³/mol. The van der Waals surface area contributed by atoms with Gasteiger partial charge in [-0.25, -0.2) is 13.6 Å². The summed E-state index contributed by atoms with van der Waals surface area (Å²) in [6.07, 6.45) is 0. The van der Waals surface area contributed by atoms with E-state index in [0.29, 0.717) is 6.61 Å². The smallest absolute Gasteiger partial charge is 0.209 e. The maximum atomic E-state index is 11.2. The van der Waals surface area contributed by atoms with Crippen LogP contribution in [0.2, 0.25) is 0 Å². The van der Waals surface area contributed by atoms with E-state index in [1.165, 1.54) is 5.56 Å². The zero-order valence-electron chi connectivity index (χ0n) is 13.6. The van der Waals surface area contributed by atoms with Gasteiger partial charge in [-0.3, -0.25) is 0 Å². The highest BCUT2D eigenvalue weighted by molar-refractivity contribution is 7.89. The zero-order chi connectivity index (χ0) is 16.3. The van der Waals surface area contributed by atoms with Gasteiger partial charge in [-0.1, -0.05) is 46.8 Å². The molecule has 1 aromatic rings. The lowest BCUT2D eigenvalue weighted by molar-refractivity contribution is 0.224. The minimum atomic E-state index is -3.48. The van der Waals surface area contributed by atoms with Gasteiger partial charge < -0.3 is 4.74 Å². The van der Waals surface area contributed by atoms with Crippen molar-refractivity contribution in [3.05, 3.63) is 29.8 Å². The number of primary sulfonamides is 1. The molecule has 2 N–H and O–H groups in total. The molecule has 4 nitrogen and oxygen atoms in total. The minimum Gasteiger partial charge on any atom is -0.493 e. The third kappa shape index (κ3) is 6.48. The molecule has 0 fully saturated rings. The molecule has 1 aromatic carbocycles. The quantitative estimate of drug-likeness (QED) is 0.878. The number of sulfonamides is 1. The van der Waals surface area contributed by atoms with Gasteiger partial charge >= 0.3 is 0 Å². The van der Waals surface area contributed by atoms with Crippen LogP contribution in [0.4, 0.5) is 0 Å². The molecule has 0 aliphatic carbocycles. The van der Waals surface area contributed by atoms with E-state index in [1.807, 2.05) is 38.1 Å². The molecule has 0 radical (unpaired) electrons. The summed E-state index contributed by atoms with van der Waals surface area (Å²) < 4.78 is 28.2. The summed E-state index contributed by atoms with van der Waals surface area (Å²) in [6.45, 7) is 10.8. The first-order valence-electron chi connectivity index (χ1n) is 7.23. The number of rotatable bonds is 6. The minimum absolute atomic E-state index is 0.0509. The molecule has 21 heavy (non-hydrogen) atoms. The van der Waals surface area contributed by atoms with Gasteiger partial charge in [0.15, 0.2) is 0 Å². The van der Waals surface area contributed by atoms with Crippen LogP contribution in [0, 0.1) is 11.8 Å². The van der Waals surface area contributed by atoms with Crippen LogP contribution in [0.3, 0.4) is 0 Å². The van der Waals surface area contributed by atoms with Crippen molar-refractivity contribution in [2.45, 2.75) is 40.0 Å². The Balaban J connectivity index is 2.68. The number of nitrogens with two attached hydrogens (primary N) is 1. The average molecular weight is 313 g/mol. The van der Waals surface area contributed by atoms with Crippen LogP contribution >= 0.6 is 0 Å². The molecular formula is C16H27NO3S. The summed E-state index contributed by atoms with van der Waals surface area (Å²) in [6, 6.07) is 7.93. The van der Waals surface area contributed by atoms with Crippen molar-refractivity contribution in [2.75, 3.05) is 12.4 Å². The molecule has 120 valence electrons. The van der Waals surface area contributed by atoms with Gasteiger partial charge in [-0.15, -0.1) is 0 Å². The van der Waals surface area contributed by atoms with E-state index < -0.39 is 10.0 Å². The van der Waals surface area contributed by atoms with Crippen molar-refractivity contribution >= 4 is 10.0 Å². The molecule has 0 amide bonds. The van der Waals surface area contributed by atoms with Gasteiger partial charge in [-0.05, 0) is 29.0 Å². The van der Waals surface area contributed by atoms with Crippen LogP contribution in [0.25, 0.3) is 0 Å². The van der Waals surface area contributed by atoms with Crippen molar-refractivity contribution in [2.24, 2.45) is 17.0 Å². The van der Waals surface area contributed by atoms with Crippen LogP contribution in [0.5, 0.6) is 5.75 Å². The van der Waals surface area contributed by atoms with Gasteiger partial charge in [0.25, 0.3) is 0 Å². The van der Waals surface area contributed by atoms with Crippen LogP contribution < -0.4 is 9.88 Å². The number of hydrogen-bond donors (Lipinski definition) is 1. The summed E-state index contributed by atoms with van der Waals surface area (Å²) >= 11 is 0. The highest BCUT2D eigenvalue weighted by atomic mass is 32.2. The highest BCUT2D eigenvalue weighted by Gasteiger charge is 2.20. The van der Waals surface area contributed by atoms with Crippen molar-refractivity contribution < 1.29 is 13.2 Å². The van der Waals surface area contributed by atoms with E-state index in [1.54, 1.807) is 0 Å². The normalized spacial score (nSPS) is 14.2. The largest absolute Gasteiger partial charge is 0.493 e. The first kappa shape index (κ1) is 18.0. The topological polar surface area (TPSA) is 69.4 Å². The first-order valence-corrected chi connectivity index (χ1v) is 8.94. The SMILES string of the molecule is CC(C)C(COc1ccc(C(C)(C)C)cc1)CS(N)(=O)=O. The lowest BCUT2D eigenvalue weighted by Gasteiger charge is -2.21. The van der Waals surface area contributed by atoms with Crippen molar-refractivity contribution in [1.82, 2.24) is 0 Å². The Bertz CT molecular complexity index is 542. The fourth-order valence-corrected chi connectivity index (χ4v) is 3.06. The Hall–Kier alpha value is -1.07. The Morgan fingerprint density at radius 3 is 2.05 bits per heavy atom. The molecule has 0 aromatic heterocycles.